The van der Waals surface area contributed by atoms with Gasteiger partial charge in [0.2, 0.25) is 0 Å². The van der Waals surface area contributed by atoms with Crippen molar-refractivity contribution in [2.24, 2.45) is 0 Å². The van der Waals surface area contributed by atoms with Gasteiger partial charge in [0, 0.05) is 13.2 Å². The highest BCUT2D eigenvalue weighted by Gasteiger charge is 2.27. The van der Waals surface area contributed by atoms with Gasteiger partial charge in [-0.1, -0.05) is 0 Å². The number of hydrogen-bond donors (Lipinski definition) is 1. The number of carbonyl (C=O) groups excluding carboxylic acids is 1. The Labute approximate surface area is 105 Å². The van der Waals surface area contributed by atoms with Crippen molar-refractivity contribution in [1.82, 2.24) is 4.98 Å². The molecule has 1 saturated heterocycles. The number of fused-ring (bicyclic) bond motifs is 1. The largest absolute Gasteiger partial charge is 0.464 e. The van der Waals surface area contributed by atoms with Gasteiger partial charge in [-0.05, 0) is 18.6 Å². The lowest BCUT2D eigenvalue weighted by Crippen LogP contribution is -2.39. The number of anilines is 2. The van der Waals surface area contributed by atoms with Crippen molar-refractivity contribution >= 4 is 17.5 Å². The number of hydrogen-bond acceptors (Lipinski definition) is 6. The smallest absolute Gasteiger partial charge is 0.356 e. The van der Waals surface area contributed by atoms with E-state index in [0.29, 0.717) is 18.5 Å². The molecule has 96 valence electrons. The molecule has 3 heterocycles. The summed E-state index contributed by atoms with van der Waals surface area (Å²) in [7, 11) is 1.35. The van der Waals surface area contributed by atoms with E-state index in [4.69, 9.17) is 4.74 Å². The Morgan fingerprint density at radius 3 is 3.17 bits per heavy atom. The highest BCUT2D eigenvalue weighted by atomic mass is 16.5. The summed E-state index contributed by atoms with van der Waals surface area (Å²) in [6, 6.07) is 3.58. The standard InChI is InChI=1S/C12H15N3O3/c1-17-12(16)9-2-3-10-11(14-9)13-7-15(10)6-8-4-5-18-8/h2-3,8H,4-7H2,1H3,(H,13,14)/t8-/m0/s1. The van der Waals surface area contributed by atoms with E-state index in [9.17, 15) is 4.79 Å². The van der Waals surface area contributed by atoms with Gasteiger partial charge in [-0.25, -0.2) is 9.78 Å². The molecule has 2 aliphatic rings. The van der Waals surface area contributed by atoms with Crippen LogP contribution in [0.25, 0.3) is 0 Å². The van der Waals surface area contributed by atoms with E-state index in [1.807, 2.05) is 6.07 Å². The topological polar surface area (TPSA) is 63.7 Å². The van der Waals surface area contributed by atoms with Crippen LogP contribution in [-0.2, 0) is 9.47 Å². The molecule has 3 rings (SSSR count). The molecule has 6 heteroatoms. The number of ether oxygens (including phenoxy) is 2. The van der Waals surface area contributed by atoms with Gasteiger partial charge in [0.15, 0.2) is 11.5 Å². The van der Waals surface area contributed by atoms with Gasteiger partial charge < -0.3 is 19.7 Å². The second-order valence-corrected chi connectivity index (χ2v) is 4.39. The number of carbonyl (C=O) groups is 1. The third-order valence-electron chi connectivity index (χ3n) is 3.26. The lowest BCUT2D eigenvalue weighted by atomic mass is 10.2. The Morgan fingerprint density at radius 1 is 1.67 bits per heavy atom. The summed E-state index contributed by atoms with van der Waals surface area (Å²) >= 11 is 0. The SMILES string of the molecule is COC(=O)c1ccc2c(n1)NCN2C[C@@H]1CCO1. The molecule has 1 atom stereocenters. The molecule has 0 bridgehead atoms. The van der Waals surface area contributed by atoms with Crippen molar-refractivity contribution in [2.75, 3.05) is 37.1 Å². The average Bonchev–Trinajstić information content (AvgIpc) is 2.75. The molecule has 1 N–H and O–H groups in total. The van der Waals surface area contributed by atoms with Gasteiger partial charge in [-0.3, -0.25) is 0 Å². The van der Waals surface area contributed by atoms with Gasteiger partial charge in [-0.2, -0.15) is 0 Å². The zero-order chi connectivity index (χ0) is 12.5. The maximum atomic E-state index is 11.4. The molecular formula is C12H15N3O3. The molecule has 0 unspecified atom stereocenters. The Hall–Kier alpha value is -1.82. The Bertz CT molecular complexity index is 474. The molecule has 2 aliphatic heterocycles. The van der Waals surface area contributed by atoms with Crippen LogP contribution in [0, 0.1) is 0 Å². The van der Waals surface area contributed by atoms with Crippen LogP contribution < -0.4 is 10.2 Å². The third-order valence-corrected chi connectivity index (χ3v) is 3.26. The van der Waals surface area contributed by atoms with Crippen LogP contribution in [0.3, 0.4) is 0 Å². The van der Waals surface area contributed by atoms with Crippen molar-refractivity contribution in [3.63, 3.8) is 0 Å². The maximum absolute atomic E-state index is 11.4. The highest BCUT2D eigenvalue weighted by Crippen LogP contribution is 2.30. The van der Waals surface area contributed by atoms with Crippen LogP contribution in [0.2, 0.25) is 0 Å². The first-order valence-electron chi connectivity index (χ1n) is 5.97. The van der Waals surface area contributed by atoms with E-state index in [1.54, 1.807) is 6.07 Å². The minimum absolute atomic E-state index is 0.318. The molecule has 18 heavy (non-hydrogen) atoms. The molecular weight excluding hydrogens is 234 g/mol. The molecule has 0 radical (unpaired) electrons. The first-order valence-corrected chi connectivity index (χ1v) is 5.97. The van der Waals surface area contributed by atoms with E-state index in [-0.39, 0.29) is 0 Å². The first-order chi connectivity index (χ1) is 8.78. The van der Waals surface area contributed by atoms with Gasteiger partial charge in [0.25, 0.3) is 0 Å². The quantitative estimate of drug-likeness (QED) is 0.801. The predicted octanol–water partition coefficient (Wildman–Crippen LogP) is 0.846. The number of nitrogens with zero attached hydrogens (tertiary/aromatic N) is 2. The molecule has 1 aromatic heterocycles. The average molecular weight is 249 g/mol. The number of aromatic nitrogens is 1. The van der Waals surface area contributed by atoms with E-state index in [2.05, 4.69) is 19.9 Å². The fourth-order valence-corrected chi connectivity index (χ4v) is 2.15. The van der Waals surface area contributed by atoms with Gasteiger partial charge in [-0.15, -0.1) is 0 Å². The molecule has 0 spiro atoms. The van der Waals surface area contributed by atoms with Crippen molar-refractivity contribution in [3.05, 3.63) is 17.8 Å². The predicted molar refractivity (Wildman–Crippen MR) is 65.8 cm³/mol. The van der Waals surface area contributed by atoms with Gasteiger partial charge in [0.1, 0.15) is 0 Å². The lowest BCUT2D eigenvalue weighted by Gasteiger charge is -2.31. The lowest BCUT2D eigenvalue weighted by molar-refractivity contribution is -0.0442. The fourth-order valence-electron chi connectivity index (χ4n) is 2.15. The van der Waals surface area contributed by atoms with Crippen molar-refractivity contribution < 1.29 is 14.3 Å². The van der Waals surface area contributed by atoms with Crippen molar-refractivity contribution in [1.29, 1.82) is 0 Å². The van der Waals surface area contributed by atoms with Crippen LogP contribution in [0.15, 0.2) is 12.1 Å². The summed E-state index contributed by atoms with van der Waals surface area (Å²) in [6.07, 6.45) is 1.43. The Kier molecular flexibility index (Phi) is 2.79. The summed E-state index contributed by atoms with van der Waals surface area (Å²) in [5.74, 6) is 0.317. The second kappa shape index (κ2) is 4.45. The van der Waals surface area contributed by atoms with E-state index >= 15 is 0 Å². The van der Waals surface area contributed by atoms with Crippen LogP contribution in [0.1, 0.15) is 16.9 Å². The summed E-state index contributed by atoms with van der Waals surface area (Å²) < 4.78 is 10.1. The minimum atomic E-state index is -0.416. The molecule has 0 aliphatic carbocycles. The molecule has 6 nitrogen and oxygen atoms in total. The van der Waals surface area contributed by atoms with Gasteiger partial charge in [0.05, 0.1) is 25.6 Å². The van der Waals surface area contributed by atoms with E-state index < -0.39 is 5.97 Å². The summed E-state index contributed by atoms with van der Waals surface area (Å²) in [5.41, 5.74) is 1.34. The summed E-state index contributed by atoms with van der Waals surface area (Å²) in [5, 5.41) is 3.17. The van der Waals surface area contributed by atoms with Crippen LogP contribution >= 0.6 is 0 Å². The van der Waals surface area contributed by atoms with Crippen LogP contribution in [-0.4, -0.2) is 44.0 Å². The first kappa shape index (κ1) is 11.3. The summed E-state index contributed by atoms with van der Waals surface area (Å²) in [4.78, 5) is 17.8. The van der Waals surface area contributed by atoms with Crippen LogP contribution in [0.4, 0.5) is 11.5 Å². The highest BCUT2D eigenvalue weighted by molar-refractivity contribution is 5.89. The molecule has 0 amide bonds. The molecule has 1 aromatic rings. The van der Waals surface area contributed by atoms with Crippen LogP contribution in [0.5, 0.6) is 0 Å². The Morgan fingerprint density at radius 2 is 2.50 bits per heavy atom. The zero-order valence-electron chi connectivity index (χ0n) is 10.2. The number of nitrogens with one attached hydrogen (secondary N) is 1. The normalized spacial score (nSPS) is 20.9. The summed E-state index contributed by atoms with van der Waals surface area (Å²) in [6.45, 7) is 2.42. The molecule has 1 fully saturated rings. The van der Waals surface area contributed by atoms with E-state index in [0.717, 1.165) is 31.1 Å². The maximum Gasteiger partial charge on any atom is 0.356 e. The van der Waals surface area contributed by atoms with Gasteiger partial charge >= 0.3 is 5.97 Å². The zero-order valence-corrected chi connectivity index (χ0v) is 10.2. The second-order valence-electron chi connectivity index (χ2n) is 4.39. The molecule has 0 aromatic carbocycles. The number of esters is 1. The number of pyridine rings is 1. The van der Waals surface area contributed by atoms with E-state index in [1.165, 1.54) is 7.11 Å². The third kappa shape index (κ3) is 1.88. The Balaban J connectivity index is 1.77. The number of rotatable bonds is 3. The monoisotopic (exact) mass is 249 g/mol. The molecule has 0 saturated carbocycles. The fraction of sp³-hybridized carbons (Fsp3) is 0.500. The number of methoxy groups -OCH3 is 1. The minimum Gasteiger partial charge on any atom is -0.464 e. The van der Waals surface area contributed by atoms with Crippen molar-refractivity contribution in [3.8, 4) is 0 Å². The van der Waals surface area contributed by atoms with Crippen molar-refractivity contribution in [2.45, 2.75) is 12.5 Å².